The Morgan fingerprint density at radius 1 is 1.53 bits per heavy atom. The Labute approximate surface area is 100 Å². The normalized spacial score (nSPS) is 20.2. The molecule has 4 nitrogen and oxygen atoms in total. The van der Waals surface area contributed by atoms with E-state index in [2.05, 4.69) is 16.1 Å². The van der Waals surface area contributed by atoms with Crippen LogP contribution in [0, 0.1) is 0 Å². The van der Waals surface area contributed by atoms with E-state index in [0.29, 0.717) is 5.92 Å². The predicted molar refractivity (Wildman–Crippen MR) is 65.4 cm³/mol. The second kappa shape index (κ2) is 3.96. The van der Waals surface area contributed by atoms with Gasteiger partial charge in [0, 0.05) is 42.7 Å². The first kappa shape index (κ1) is 10.5. The van der Waals surface area contributed by atoms with Crippen LogP contribution in [0.4, 0.5) is 0 Å². The number of nitrogens with two attached hydrogens (primary N) is 1. The Kier molecular flexibility index (Phi) is 2.44. The van der Waals surface area contributed by atoms with E-state index in [4.69, 9.17) is 5.73 Å². The van der Waals surface area contributed by atoms with E-state index in [1.807, 2.05) is 31.7 Å². The van der Waals surface area contributed by atoms with Gasteiger partial charge in [-0.25, -0.2) is 0 Å². The number of aromatic nitrogens is 3. The van der Waals surface area contributed by atoms with Crippen LogP contribution in [0.2, 0.25) is 0 Å². The van der Waals surface area contributed by atoms with Crippen LogP contribution in [-0.2, 0) is 13.5 Å². The summed E-state index contributed by atoms with van der Waals surface area (Å²) in [5.74, 6) is 0.329. The van der Waals surface area contributed by atoms with E-state index in [1.165, 1.54) is 11.3 Å². The van der Waals surface area contributed by atoms with E-state index in [1.54, 1.807) is 4.68 Å². The molecule has 4 heteroatoms. The molecule has 2 N–H and O–H groups in total. The maximum atomic E-state index is 6.34. The number of aryl methyl sites for hydroxylation is 2. The molecule has 2 atom stereocenters. The highest BCUT2D eigenvalue weighted by atomic mass is 15.2. The summed E-state index contributed by atoms with van der Waals surface area (Å²) in [6.45, 7) is 0. The zero-order valence-corrected chi connectivity index (χ0v) is 9.87. The average molecular weight is 228 g/mol. The fourth-order valence-corrected chi connectivity index (χ4v) is 2.64. The number of rotatable bonds is 2. The fraction of sp³-hybridized carbons (Fsp3) is 0.385. The quantitative estimate of drug-likeness (QED) is 0.848. The molecule has 2 unspecified atom stereocenters. The van der Waals surface area contributed by atoms with Crippen LogP contribution < -0.4 is 5.73 Å². The standard InChI is InChI=1S/C13H16N4/c1-17-8-10(7-16-17)12(14)11-5-4-9-3-2-6-15-13(9)11/h2-3,6-8,11-12H,4-5,14H2,1H3. The highest BCUT2D eigenvalue weighted by molar-refractivity contribution is 5.32. The number of hydrogen-bond acceptors (Lipinski definition) is 3. The van der Waals surface area contributed by atoms with Gasteiger partial charge in [0.1, 0.15) is 0 Å². The average Bonchev–Trinajstić information content (AvgIpc) is 2.94. The van der Waals surface area contributed by atoms with Crippen molar-refractivity contribution in [1.29, 1.82) is 0 Å². The molecule has 1 aliphatic rings. The Hall–Kier alpha value is -1.68. The third-order valence-electron chi connectivity index (χ3n) is 3.55. The van der Waals surface area contributed by atoms with Crippen LogP contribution in [0.1, 0.15) is 35.2 Å². The van der Waals surface area contributed by atoms with Gasteiger partial charge in [-0.1, -0.05) is 6.07 Å². The van der Waals surface area contributed by atoms with Crippen LogP contribution in [0.5, 0.6) is 0 Å². The molecule has 0 aliphatic heterocycles. The van der Waals surface area contributed by atoms with Crippen LogP contribution in [0.15, 0.2) is 30.7 Å². The van der Waals surface area contributed by atoms with Gasteiger partial charge in [-0.15, -0.1) is 0 Å². The molecule has 2 aromatic rings. The zero-order chi connectivity index (χ0) is 11.8. The zero-order valence-electron chi connectivity index (χ0n) is 9.87. The van der Waals surface area contributed by atoms with Gasteiger partial charge >= 0.3 is 0 Å². The maximum Gasteiger partial charge on any atom is 0.0537 e. The SMILES string of the molecule is Cn1cc(C(N)C2CCc3cccnc32)cn1. The minimum Gasteiger partial charge on any atom is -0.323 e. The van der Waals surface area contributed by atoms with Crippen molar-refractivity contribution in [1.82, 2.24) is 14.8 Å². The van der Waals surface area contributed by atoms with Crippen molar-refractivity contribution >= 4 is 0 Å². The van der Waals surface area contributed by atoms with E-state index in [-0.39, 0.29) is 6.04 Å². The van der Waals surface area contributed by atoms with E-state index in [9.17, 15) is 0 Å². The highest BCUT2D eigenvalue weighted by Crippen LogP contribution is 2.38. The van der Waals surface area contributed by atoms with Gasteiger partial charge in [-0.2, -0.15) is 5.10 Å². The summed E-state index contributed by atoms with van der Waals surface area (Å²) in [4.78, 5) is 4.49. The largest absolute Gasteiger partial charge is 0.323 e. The van der Waals surface area contributed by atoms with Crippen molar-refractivity contribution < 1.29 is 0 Å². The first-order valence-electron chi connectivity index (χ1n) is 5.93. The molecule has 2 heterocycles. The molecule has 88 valence electrons. The molecule has 0 spiro atoms. The van der Waals surface area contributed by atoms with Gasteiger partial charge < -0.3 is 5.73 Å². The van der Waals surface area contributed by atoms with E-state index >= 15 is 0 Å². The Bertz CT molecular complexity index is 532. The van der Waals surface area contributed by atoms with E-state index < -0.39 is 0 Å². The highest BCUT2D eigenvalue weighted by Gasteiger charge is 2.30. The van der Waals surface area contributed by atoms with Crippen molar-refractivity contribution in [2.75, 3.05) is 0 Å². The van der Waals surface area contributed by atoms with Crippen molar-refractivity contribution in [3.63, 3.8) is 0 Å². The van der Waals surface area contributed by atoms with Gasteiger partial charge in [-0.05, 0) is 24.5 Å². The third kappa shape index (κ3) is 1.74. The molecule has 0 saturated carbocycles. The minimum absolute atomic E-state index is 0.000139. The molecule has 0 aromatic carbocycles. The summed E-state index contributed by atoms with van der Waals surface area (Å²) >= 11 is 0. The number of fused-ring (bicyclic) bond motifs is 1. The molecule has 17 heavy (non-hydrogen) atoms. The second-order valence-corrected chi connectivity index (χ2v) is 4.67. The number of nitrogens with zero attached hydrogens (tertiary/aromatic N) is 3. The predicted octanol–water partition coefficient (Wildman–Crippen LogP) is 1.54. The van der Waals surface area contributed by atoms with Gasteiger partial charge in [-0.3, -0.25) is 9.67 Å². The van der Waals surface area contributed by atoms with Crippen LogP contribution in [0.25, 0.3) is 0 Å². The molecule has 0 bridgehead atoms. The topological polar surface area (TPSA) is 56.7 Å². The summed E-state index contributed by atoms with van der Waals surface area (Å²) in [5.41, 5.74) is 9.94. The smallest absolute Gasteiger partial charge is 0.0537 e. The summed E-state index contributed by atoms with van der Waals surface area (Å²) in [7, 11) is 1.91. The van der Waals surface area contributed by atoms with Crippen molar-refractivity contribution in [2.45, 2.75) is 24.8 Å². The van der Waals surface area contributed by atoms with Gasteiger partial charge in [0.25, 0.3) is 0 Å². The lowest BCUT2D eigenvalue weighted by Crippen LogP contribution is -2.18. The molecule has 1 aliphatic carbocycles. The molecular weight excluding hydrogens is 212 g/mol. The molecule has 0 fully saturated rings. The van der Waals surface area contributed by atoms with E-state index in [0.717, 1.165) is 18.4 Å². The van der Waals surface area contributed by atoms with Crippen molar-refractivity contribution in [3.05, 3.63) is 47.5 Å². The fourth-order valence-electron chi connectivity index (χ4n) is 2.64. The van der Waals surface area contributed by atoms with Crippen LogP contribution in [0.3, 0.4) is 0 Å². The lowest BCUT2D eigenvalue weighted by molar-refractivity contribution is 0.541. The summed E-state index contributed by atoms with van der Waals surface area (Å²) in [6, 6.07) is 4.15. The number of hydrogen-bond donors (Lipinski definition) is 1. The molecule has 2 aromatic heterocycles. The summed E-state index contributed by atoms with van der Waals surface area (Å²) in [6.07, 6.45) is 7.87. The minimum atomic E-state index is -0.000139. The first-order chi connectivity index (χ1) is 8.25. The molecule has 0 radical (unpaired) electrons. The second-order valence-electron chi connectivity index (χ2n) is 4.67. The van der Waals surface area contributed by atoms with Crippen molar-refractivity contribution in [2.24, 2.45) is 12.8 Å². The Morgan fingerprint density at radius 3 is 3.18 bits per heavy atom. The summed E-state index contributed by atoms with van der Waals surface area (Å²) in [5, 5.41) is 4.18. The van der Waals surface area contributed by atoms with Gasteiger partial charge in [0.15, 0.2) is 0 Å². The van der Waals surface area contributed by atoms with Crippen molar-refractivity contribution in [3.8, 4) is 0 Å². The molecule has 0 amide bonds. The van der Waals surface area contributed by atoms with Gasteiger partial charge in [0.2, 0.25) is 0 Å². The van der Waals surface area contributed by atoms with Crippen LogP contribution >= 0.6 is 0 Å². The first-order valence-corrected chi connectivity index (χ1v) is 5.93. The lowest BCUT2D eigenvalue weighted by atomic mass is 9.93. The number of pyridine rings is 1. The lowest BCUT2D eigenvalue weighted by Gasteiger charge is -2.17. The van der Waals surface area contributed by atoms with Gasteiger partial charge in [0.05, 0.1) is 6.20 Å². The molecule has 3 rings (SSSR count). The monoisotopic (exact) mass is 228 g/mol. The maximum absolute atomic E-state index is 6.34. The Morgan fingerprint density at radius 2 is 2.41 bits per heavy atom. The Balaban J connectivity index is 1.92. The van der Waals surface area contributed by atoms with Crippen LogP contribution in [-0.4, -0.2) is 14.8 Å². The molecular formula is C13H16N4. The molecule has 0 saturated heterocycles. The third-order valence-corrected chi connectivity index (χ3v) is 3.55. The summed E-state index contributed by atoms with van der Waals surface area (Å²) < 4.78 is 1.80.